The first kappa shape index (κ1) is 15.4. The lowest BCUT2D eigenvalue weighted by Crippen LogP contribution is -2.38. The number of urea groups is 1. The number of nitrogens with zero attached hydrogens (tertiary/aromatic N) is 3. The first-order chi connectivity index (χ1) is 12.3. The number of pyridine rings is 1. The molecule has 0 spiro atoms. The summed E-state index contributed by atoms with van der Waals surface area (Å²) in [5, 5.41) is 5.94. The van der Waals surface area contributed by atoms with Gasteiger partial charge >= 0.3 is 6.03 Å². The van der Waals surface area contributed by atoms with E-state index >= 15 is 0 Å². The number of amides is 2. The van der Waals surface area contributed by atoms with Gasteiger partial charge in [-0.3, -0.25) is 4.57 Å². The van der Waals surface area contributed by atoms with Crippen molar-refractivity contribution in [1.29, 1.82) is 0 Å². The van der Waals surface area contributed by atoms with Gasteiger partial charge < -0.3 is 15.1 Å². The summed E-state index contributed by atoms with van der Waals surface area (Å²) < 4.78 is 7.28. The van der Waals surface area contributed by atoms with Crippen molar-refractivity contribution >= 4 is 6.03 Å². The van der Waals surface area contributed by atoms with Crippen LogP contribution < -0.4 is 10.6 Å². The molecule has 2 N–H and O–H groups in total. The lowest BCUT2D eigenvalue weighted by Gasteiger charge is -2.22. The number of aromatic nitrogens is 3. The summed E-state index contributed by atoms with van der Waals surface area (Å²) in [6.45, 7) is 0.432. The molecule has 25 heavy (non-hydrogen) atoms. The third kappa shape index (κ3) is 3.40. The third-order valence-corrected chi connectivity index (χ3v) is 4.39. The molecule has 7 heteroatoms. The number of aryl methyl sites for hydroxylation is 1. The van der Waals surface area contributed by atoms with Crippen LogP contribution in [-0.4, -0.2) is 20.6 Å². The van der Waals surface area contributed by atoms with E-state index in [9.17, 15) is 4.79 Å². The van der Waals surface area contributed by atoms with Gasteiger partial charge in [-0.05, 0) is 36.6 Å². The number of fused-ring (bicyclic) bond motifs is 1. The Kier molecular flexibility index (Phi) is 4.20. The largest absolute Gasteiger partial charge is 0.469 e. The average molecular weight is 337 g/mol. The Morgan fingerprint density at radius 2 is 2.32 bits per heavy atom. The summed E-state index contributed by atoms with van der Waals surface area (Å²) in [7, 11) is 0. The molecule has 128 valence electrons. The van der Waals surface area contributed by atoms with E-state index in [0.29, 0.717) is 6.54 Å². The average Bonchev–Trinajstić information content (AvgIpc) is 3.32. The van der Waals surface area contributed by atoms with Crippen LogP contribution in [0.15, 0.2) is 53.8 Å². The second-order valence-electron chi connectivity index (χ2n) is 6.06. The second kappa shape index (κ2) is 6.80. The van der Waals surface area contributed by atoms with Crippen LogP contribution in [0.4, 0.5) is 4.79 Å². The Bertz CT molecular complexity index is 856. The molecule has 3 aromatic rings. The molecule has 1 unspecified atom stereocenters. The molecular formula is C18H19N5O2. The number of nitrogens with one attached hydrogen (secondary N) is 2. The first-order valence-corrected chi connectivity index (χ1v) is 8.33. The fourth-order valence-electron chi connectivity index (χ4n) is 3.13. The minimum atomic E-state index is -0.181. The van der Waals surface area contributed by atoms with Gasteiger partial charge in [0, 0.05) is 37.1 Å². The van der Waals surface area contributed by atoms with Gasteiger partial charge in [0.25, 0.3) is 0 Å². The number of hydrogen-bond acceptors (Lipinski definition) is 4. The Balaban J connectivity index is 1.36. The van der Waals surface area contributed by atoms with Crippen LogP contribution in [0.5, 0.6) is 0 Å². The highest BCUT2D eigenvalue weighted by molar-refractivity contribution is 5.74. The van der Waals surface area contributed by atoms with Crippen molar-refractivity contribution in [2.24, 2.45) is 0 Å². The molecule has 2 amide bonds. The van der Waals surface area contributed by atoms with Crippen LogP contribution in [0, 0.1) is 0 Å². The Hall–Kier alpha value is -3.09. The Morgan fingerprint density at radius 3 is 3.20 bits per heavy atom. The Morgan fingerprint density at radius 1 is 1.36 bits per heavy atom. The second-order valence-corrected chi connectivity index (χ2v) is 6.06. The highest BCUT2D eigenvalue weighted by Crippen LogP contribution is 2.30. The van der Waals surface area contributed by atoms with Gasteiger partial charge in [-0.1, -0.05) is 0 Å². The summed E-state index contributed by atoms with van der Waals surface area (Å²) >= 11 is 0. The quantitative estimate of drug-likeness (QED) is 0.766. The topological polar surface area (TPSA) is 85.0 Å². The van der Waals surface area contributed by atoms with Crippen molar-refractivity contribution in [2.45, 2.75) is 31.8 Å². The zero-order valence-corrected chi connectivity index (χ0v) is 13.7. The van der Waals surface area contributed by atoms with E-state index < -0.39 is 0 Å². The molecule has 3 heterocycles. The van der Waals surface area contributed by atoms with Gasteiger partial charge in [0.2, 0.25) is 0 Å². The molecule has 0 saturated heterocycles. The van der Waals surface area contributed by atoms with Gasteiger partial charge in [0.1, 0.15) is 17.9 Å². The van der Waals surface area contributed by atoms with Crippen molar-refractivity contribution < 1.29 is 9.21 Å². The van der Waals surface area contributed by atoms with Gasteiger partial charge in [-0.2, -0.15) is 0 Å². The summed E-state index contributed by atoms with van der Waals surface area (Å²) in [5.74, 6) is 1.75. The zero-order chi connectivity index (χ0) is 17.1. The number of carbonyl (C=O) groups is 1. The van der Waals surface area contributed by atoms with Gasteiger partial charge in [-0.25, -0.2) is 14.8 Å². The van der Waals surface area contributed by atoms with Gasteiger partial charge in [0.05, 0.1) is 12.3 Å². The maximum atomic E-state index is 12.2. The molecule has 0 aromatic carbocycles. The fourth-order valence-corrected chi connectivity index (χ4v) is 3.13. The summed E-state index contributed by atoms with van der Waals surface area (Å²) in [6.07, 6.45) is 11.5. The maximum absolute atomic E-state index is 12.2. The van der Waals surface area contributed by atoms with Gasteiger partial charge in [0.15, 0.2) is 0 Å². The molecular weight excluding hydrogens is 318 g/mol. The van der Waals surface area contributed by atoms with Crippen LogP contribution in [0.1, 0.15) is 35.8 Å². The normalized spacial score (nSPS) is 16.2. The van der Waals surface area contributed by atoms with Crippen LogP contribution >= 0.6 is 0 Å². The summed E-state index contributed by atoms with van der Waals surface area (Å²) in [5.41, 5.74) is 2.06. The molecule has 1 aliphatic carbocycles. The van der Waals surface area contributed by atoms with Crippen molar-refractivity contribution in [3.05, 3.63) is 66.3 Å². The number of hydrogen-bond donors (Lipinski definition) is 2. The predicted molar refractivity (Wildman–Crippen MR) is 91.1 cm³/mol. The van der Waals surface area contributed by atoms with Crippen LogP contribution in [-0.2, 0) is 13.0 Å². The first-order valence-electron chi connectivity index (χ1n) is 8.33. The lowest BCUT2D eigenvalue weighted by molar-refractivity contribution is 0.234. The van der Waals surface area contributed by atoms with E-state index in [1.165, 1.54) is 0 Å². The summed E-state index contributed by atoms with van der Waals surface area (Å²) in [6, 6.07) is 5.59. The molecule has 3 aromatic heterocycles. The molecule has 1 atom stereocenters. The van der Waals surface area contributed by atoms with Gasteiger partial charge in [-0.15, -0.1) is 0 Å². The van der Waals surface area contributed by atoms with Crippen molar-refractivity contribution in [3.63, 3.8) is 0 Å². The maximum Gasteiger partial charge on any atom is 0.315 e. The smallest absolute Gasteiger partial charge is 0.315 e. The SMILES string of the molecule is O=C(NCc1ccnc(-n2ccnc2)c1)NC1CCCc2occc21. The zero-order valence-electron chi connectivity index (χ0n) is 13.7. The van der Waals surface area contributed by atoms with E-state index in [0.717, 1.165) is 42.0 Å². The minimum Gasteiger partial charge on any atom is -0.469 e. The highest BCUT2D eigenvalue weighted by atomic mass is 16.3. The fraction of sp³-hybridized carbons (Fsp3) is 0.278. The van der Waals surface area contributed by atoms with Crippen molar-refractivity contribution in [2.75, 3.05) is 0 Å². The predicted octanol–water partition coefficient (Wildman–Crippen LogP) is 2.74. The van der Waals surface area contributed by atoms with E-state index in [4.69, 9.17) is 4.42 Å². The standard InChI is InChI=1S/C18H19N5O2/c24-18(22-15-2-1-3-16-14(15)5-9-25-16)21-11-13-4-6-20-17(10-13)23-8-7-19-12-23/h4-10,12,15H,1-3,11H2,(H2,21,22,24). The highest BCUT2D eigenvalue weighted by Gasteiger charge is 2.23. The number of carbonyl (C=O) groups excluding carboxylic acids is 1. The number of furan rings is 1. The Labute approximate surface area is 145 Å². The number of rotatable bonds is 4. The molecule has 0 aliphatic heterocycles. The molecule has 1 aliphatic rings. The molecule has 0 radical (unpaired) electrons. The van der Waals surface area contributed by atoms with Crippen molar-refractivity contribution in [1.82, 2.24) is 25.2 Å². The van der Waals surface area contributed by atoms with E-state index in [-0.39, 0.29) is 12.1 Å². The summed E-state index contributed by atoms with van der Waals surface area (Å²) in [4.78, 5) is 20.6. The van der Waals surface area contributed by atoms with Crippen LogP contribution in [0.3, 0.4) is 0 Å². The number of imidazole rings is 1. The van der Waals surface area contributed by atoms with E-state index in [1.54, 1.807) is 25.0 Å². The lowest BCUT2D eigenvalue weighted by atomic mass is 9.93. The molecule has 0 bridgehead atoms. The van der Waals surface area contributed by atoms with Crippen molar-refractivity contribution in [3.8, 4) is 5.82 Å². The van der Waals surface area contributed by atoms with E-state index in [1.807, 2.05) is 29.0 Å². The van der Waals surface area contributed by atoms with Crippen LogP contribution in [0.25, 0.3) is 5.82 Å². The molecule has 4 rings (SSSR count). The van der Waals surface area contributed by atoms with E-state index in [2.05, 4.69) is 20.6 Å². The molecule has 0 fully saturated rings. The monoisotopic (exact) mass is 337 g/mol. The third-order valence-electron chi connectivity index (χ3n) is 4.39. The van der Waals surface area contributed by atoms with Crippen LogP contribution in [0.2, 0.25) is 0 Å². The molecule has 0 saturated carbocycles. The minimum absolute atomic E-state index is 0.0152. The molecule has 7 nitrogen and oxygen atoms in total.